The van der Waals surface area contributed by atoms with Crippen LogP contribution in [0.4, 0.5) is 5.69 Å². The van der Waals surface area contributed by atoms with Gasteiger partial charge in [-0.3, -0.25) is 4.79 Å². The molecule has 0 aliphatic carbocycles. The van der Waals surface area contributed by atoms with Crippen LogP contribution in [0.1, 0.15) is 26.3 Å². The summed E-state index contributed by atoms with van der Waals surface area (Å²) in [6.45, 7) is 9.07. The highest BCUT2D eigenvalue weighted by Gasteiger charge is 2.11. The number of nitrogens with one attached hydrogen (secondary N) is 2. The molecule has 0 fully saturated rings. The van der Waals surface area contributed by atoms with Crippen LogP contribution >= 0.6 is 15.9 Å². The minimum absolute atomic E-state index is 0.0588. The summed E-state index contributed by atoms with van der Waals surface area (Å²) >= 11 is 3.50. The van der Waals surface area contributed by atoms with Gasteiger partial charge in [0.25, 0.3) is 0 Å². The molecule has 0 saturated heterocycles. The zero-order valence-electron chi connectivity index (χ0n) is 13.4. The van der Waals surface area contributed by atoms with Crippen LogP contribution in [0.2, 0.25) is 0 Å². The molecule has 1 amide bonds. The lowest BCUT2D eigenvalue weighted by molar-refractivity contribution is -0.119. The van der Waals surface area contributed by atoms with Gasteiger partial charge in [-0.25, -0.2) is 0 Å². The lowest BCUT2D eigenvalue weighted by atomic mass is 10.1. The molecule has 21 heavy (non-hydrogen) atoms. The second-order valence-corrected chi connectivity index (χ2v) is 6.52. The van der Waals surface area contributed by atoms with Crippen molar-refractivity contribution in [2.24, 2.45) is 5.92 Å². The fourth-order valence-corrected chi connectivity index (χ4v) is 2.41. The lowest BCUT2D eigenvalue weighted by Gasteiger charge is -2.22. The van der Waals surface area contributed by atoms with Crippen LogP contribution in [0.3, 0.4) is 0 Å². The van der Waals surface area contributed by atoms with E-state index >= 15 is 0 Å². The molecule has 0 aliphatic rings. The Labute approximate surface area is 136 Å². The van der Waals surface area contributed by atoms with E-state index in [4.69, 9.17) is 0 Å². The Morgan fingerprint density at radius 3 is 2.71 bits per heavy atom. The number of anilines is 1. The maximum Gasteiger partial charge on any atom is 0.239 e. The largest absolute Gasteiger partial charge is 0.365 e. The van der Waals surface area contributed by atoms with Gasteiger partial charge < -0.3 is 15.5 Å². The van der Waals surface area contributed by atoms with E-state index < -0.39 is 0 Å². The van der Waals surface area contributed by atoms with Crippen LogP contribution in [-0.4, -0.2) is 32.6 Å². The molecule has 2 N–H and O–H groups in total. The Kier molecular flexibility index (Phi) is 7.75. The summed E-state index contributed by atoms with van der Waals surface area (Å²) in [5, 5.41) is 6.28. The summed E-state index contributed by atoms with van der Waals surface area (Å²) < 4.78 is 1.05. The fraction of sp³-hybridized carbons (Fsp3) is 0.562. The predicted octanol–water partition coefficient (Wildman–Crippen LogP) is 2.77. The van der Waals surface area contributed by atoms with E-state index in [1.807, 2.05) is 24.1 Å². The molecule has 118 valence electrons. The highest BCUT2D eigenvalue weighted by Crippen LogP contribution is 2.23. The number of likely N-dealkylation sites (N-methyl/N-ethyl adjacent to an activating group) is 1. The van der Waals surface area contributed by atoms with Crippen molar-refractivity contribution in [2.45, 2.75) is 27.3 Å². The van der Waals surface area contributed by atoms with E-state index in [0.717, 1.165) is 29.8 Å². The molecule has 0 aromatic heterocycles. The first-order valence-corrected chi connectivity index (χ1v) is 8.20. The topological polar surface area (TPSA) is 44.4 Å². The average Bonchev–Trinajstić information content (AvgIpc) is 2.42. The van der Waals surface area contributed by atoms with Crippen LogP contribution in [0.25, 0.3) is 0 Å². The summed E-state index contributed by atoms with van der Waals surface area (Å²) in [6.07, 6.45) is 0. The molecule has 1 aromatic carbocycles. The summed E-state index contributed by atoms with van der Waals surface area (Å²) in [5.74, 6) is 0.528. The van der Waals surface area contributed by atoms with Gasteiger partial charge in [0.1, 0.15) is 0 Å². The molecule has 0 aliphatic heterocycles. The Morgan fingerprint density at radius 2 is 2.10 bits per heavy atom. The molecule has 0 bridgehead atoms. The Morgan fingerprint density at radius 1 is 1.38 bits per heavy atom. The first-order chi connectivity index (χ1) is 9.93. The Bertz CT molecular complexity index is 463. The second-order valence-electron chi connectivity index (χ2n) is 5.61. The van der Waals surface area contributed by atoms with Gasteiger partial charge in [0.15, 0.2) is 0 Å². The second kappa shape index (κ2) is 9.05. The first-order valence-electron chi connectivity index (χ1n) is 7.41. The maximum atomic E-state index is 11.9. The van der Waals surface area contributed by atoms with E-state index in [1.54, 1.807) is 0 Å². The number of rotatable bonds is 8. The van der Waals surface area contributed by atoms with Crippen molar-refractivity contribution < 1.29 is 4.79 Å². The van der Waals surface area contributed by atoms with Crippen molar-refractivity contribution in [2.75, 3.05) is 31.6 Å². The number of halogens is 1. The molecule has 0 spiro atoms. The van der Waals surface area contributed by atoms with E-state index in [9.17, 15) is 4.79 Å². The number of hydrogen-bond acceptors (Lipinski definition) is 3. The van der Waals surface area contributed by atoms with Gasteiger partial charge >= 0.3 is 0 Å². The van der Waals surface area contributed by atoms with Gasteiger partial charge in [0, 0.05) is 30.3 Å². The smallest absolute Gasteiger partial charge is 0.239 e. The summed E-state index contributed by atoms with van der Waals surface area (Å²) in [6, 6.07) is 6.15. The molecule has 0 unspecified atom stereocenters. The van der Waals surface area contributed by atoms with E-state index in [1.165, 1.54) is 5.56 Å². The van der Waals surface area contributed by atoms with Crippen molar-refractivity contribution >= 4 is 27.5 Å². The third-order valence-electron chi connectivity index (χ3n) is 3.11. The number of carbonyl (C=O) groups excluding carboxylic acids is 1. The normalized spacial score (nSPS) is 10.8. The minimum Gasteiger partial charge on any atom is -0.365 e. The minimum atomic E-state index is 0.0588. The fourth-order valence-electron chi connectivity index (χ4n) is 2.00. The van der Waals surface area contributed by atoms with E-state index in [-0.39, 0.29) is 5.91 Å². The van der Waals surface area contributed by atoms with E-state index in [0.29, 0.717) is 12.5 Å². The number of nitrogens with zero attached hydrogens (tertiary/aromatic N) is 1. The van der Waals surface area contributed by atoms with Gasteiger partial charge in [-0.1, -0.05) is 36.7 Å². The SMILES string of the molecule is CCNCc1cc(Br)ccc1N(C)CC(=O)NCC(C)C. The molecular weight excluding hydrogens is 330 g/mol. The van der Waals surface area contributed by atoms with Gasteiger partial charge in [0.2, 0.25) is 5.91 Å². The van der Waals surface area contributed by atoms with Crippen LogP contribution in [0.15, 0.2) is 22.7 Å². The van der Waals surface area contributed by atoms with E-state index in [2.05, 4.69) is 53.4 Å². The van der Waals surface area contributed by atoms with Crippen molar-refractivity contribution in [3.63, 3.8) is 0 Å². The monoisotopic (exact) mass is 355 g/mol. The quantitative estimate of drug-likeness (QED) is 0.753. The zero-order valence-corrected chi connectivity index (χ0v) is 15.0. The number of carbonyl (C=O) groups is 1. The third-order valence-corrected chi connectivity index (χ3v) is 3.60. The molecule has 4 nitrogen and oxygen atoms in total. The maximum absolute atomic E-state index is 11.9. The van der Waals surface area contributed by atoms with Crippen LogP contribution < -0.4 is 15.5 Å². The number of benzene rings is 1. The molecule has 0 heterocycles. The van der Waals surface area contributed by atoms with Crippen LogP contribution in [0, 0.1) is 5.92 Å². The highest BCUT2D eigenvalue weighted by atomic mass is 79.9. The summed E-state index contributed by atoms with van der Waals surface area (Å²) in [7, 11) is 1.95. The van der Waals surface area contributed by atoms with Gasteiger partial charge in [-0.15, -0.1) is 0 Å². The van der Waals surface area contributed by atoms with Crippen molar-refractivity contribution in [3.05, 3.63) is 28.2 Å². The average molecular weight is 356 g/mol. The standard InChI is InChI=1S/C16H26BrN3O/c1-5-18-10-13-8-14(17)6-7-15(13)20(4)11-16(21)19-9-12(2)3/h6-8,12,18H,5,9-11H2,1-4H3,(H,19,21). The highest BCUT2D eigenvalue weighted by molar-refractivity contribution is 9.10. The summed E-state index contributed by atoms with van der Waals surface area (Å²) in [5.41, 5.74) is 2.27. The third kappa shape index (κ3) is 6.48. The Hall–Kier alpha value is -1.07. The van der Waals surface area contributed by atoms with Crippen LogP contribution in [0.5, 0.6) is 0 Å². The molecular formula is C16H26BrN3O. The predicted molar refractivity (Wildman–Crippen MR) is 92.6 cm³/mol. The molecule has 1 aromatic rings. The first kappa shape index (κ1) is 18.0. The molecule has 1 rings (SSSR count). The Balaban J connectivity index is 2.72. The van der Waals surface area contributed by atoms with Crippen molar-refractivity contribution in [1.29, 1.82) is 0 Å². The number of amides is 1. The van der Waals surface area contributed by atoms with Gasteiger partial charge in [-0.2, -0.15) is 0 Å². The van der Waals surface area contributed by atoms with Crippen molar-refractivity contribution in [3.8, 4) is 0 Å². The molecule has 0 saturated carbocycles. The lowest BCUT2D eigenvalue weighted by Crippen LogP contribution is -2.37. The van der Waals surface area contributed by atoms with Gasteiger partial charge in [0.05, 0.1) is 6.54 Å². The zero-order chi connectivity index (χ0) is 15.8. The molecule has 5 heteroatoms. The summed E-state index contributed by atoms with van der Waals surface area (Å²) in [4.78, 5) is 13.9. The number of hydrogen-bond donors (Lipinski definition) is 2. The van der Waals surface area contributed by atoms with Gasteiger partial charge in [-0.05, 0) is 36.2 Å². The molecule has 0 atom stereocenters. The molecule has 0 radical (unpaired) electrons. The van der Waals surface area contributed by atoms with Crippen molar-refractivity contribution in [1.82, 2.24) is 10.6 Å². The van der Waals surface area contributed by atoms with Crippen LogP contribution in [-0.2, 0) is 11.3 Å².